The SMILES string of the molecule is CCOCCOCCCC(=O)[C@H](CCCCNC(=O)[C@H](CCCCNC(=O)[C@@H](N)CCCCN)NC(=O)[C@@H](N)CCCCN)NC(=O)[C@H](CCCCNC(=O)[C@@H](N)CCCCN)NC(=O)[C@@H](N)CCCCN. The molecule has 0 aliphatic rings. The molecule has 0 unspecified atom stereocenters. The van der Waals surface area contributed by atoms with Crippen LogP contribution < -0.4 is 77.8 Å². The molecule has 0 aliphatic heterocycles. The van der Waals surface area contributed by atoms with Gasteiger partial charge >= 0.3 is 0 Å². The van der Waals surface area contributed by atoms with Gasteiger partial charge in [0.25, 0.3) is 0 Å². The predicted octanol–water partition coefficient (Wildman–Crippen LogP) is -1.47. The lowest BCUT2D eigenvalue weighted by Crippen LogP contribution is -2.54. The molecule has 0 aromatic heterocycles. The standard InChI is InChI=1S/C49H100N14O9/c1-2-71-34-35-72-33-17-25-43(64)40(61-49(70)42(63-47(68)39(57)21-6-13-29-53)24-9-16-31-59-45(66)37(55)19-4-11-27-51)22-7-14-32-60-48(69)41(62-46(67)38(56)20-5-12-28-52)23-8-15-30-58-44(65)36(54)18-3-10-26-50/h36-42H,2-35,50-57H2,1H3,(H,58,65)(H,59,66)(H,60,69)(H,61,70)(H,62,67)(H,63,68)/t36-,37-,38-,39-,40-,41-,42-/m0/s1. The van der Waals surface area contributed by atoms with Gasteiger partial charge in [0, 0.05) is 39.3 Å². The molecule has 0 saturated heterocycles. The van der Waals surface area contributed by atoms with E-state index in [1.54, 1.807) is 0 Å². The molecule has 0 aromatic rings. The highest BCUT2D eigenvalue weighted by molar-refractivity contribution is 5.93. The number of ether oxygens (including phenoxy) is 2. The molecule has 0 rings (SSSR count). The Balaban J connectivity index is 5.89. The Hall–Kier alpha value is -3.91. The average Bonchev–Trinajstić information content (AvgIpc) is 3.36. The Morgan fingerprint density at radius 1 is 0.361 bits per heavy atom. The maximum Gasteiger partial charge on any atom is 0.243 e. The molecule has 420 valence electrons. The van der Waals surface area contributed by atoms with E-state index in [2.05, 4.69) is 31.9 Å². The molecular formula is C49H100N14O9. The number of amides is 6. The molecular weight excluding hydrogens is 929 g/mol. The van der Waals surface area contributed by atoms with Crippen LogP contribution in [0.3, 0.4) is 0 Å². The summed E-state index contributed by atoms with van der Waals surface area (Å²) in [4.78, 5) is 92.6. The van der Waals surface area contributed by atoms with E-state index in [1.165, 1.54) is 0 Å². The average molecular weight is 1030 g/mol. The fraction of sp³-hybridized carbons (Fsp3) is 0.857. The lowest BCUT2D eigenvalue weighted by molar-refractivity contribution is -0.132. The number of hydrogen-bond donors (Lipinski definition) is 14. The molecule has 0 bridgehead atoms. The maximum absolute atomic E-state index is 14.0. The summed E-state index contributed by atoms with van der Waals surface area (Å²) in [5.74, 6) is -2.65. The van der Waals surface area contributed by atoms with Gasteiger partial charge in [0.1, 0.15) is 12.1 Å². The van der Waals surface area contributed by atoms with Crippen LogP contribution in [0.2, 0.25) is 0 Å². The van der Waals surface area contributed by atoms with Crippen molar-refractivity contribution < 1.29 is 43.0 Å². The van der Waals surface area contributed by atoms with E-state index in [1.807, 2.05) is 6.92 Å². The van der Waals surface area contributed by atoms with Crippen LogP contribution in [0.1, 0.15) is 155 Å². The Kier molecular flexibility index (Phi) is 43.2. The maximum atomic E-state index is 14.0. The minimum atomic E-state index is -1.02. The van der Waals surface area contributed by atoms with Crippen molar-refractivity contribution in [2.24, 2.45) is 45.9 Å². The molecule has 22 N–H and O–H groups in total. The quantitative estimate of drug-likeness (QED) is 0.0309. The van der Waals surface area contributed by atoms with Crippen molar-refractivity contribution in [2.45, 2.75) is 197 Å². The van der Waals surface area contributed by atoms with Gasteiger partial charge in [-0.3, -0.25) is 33.6 Å². The van der Waals surface area contributed by atoms with E-state index in [9.17, 15) is 33.6 Å². The number of carbonyl (C=O) groups excluding carboxylic acids is 7. The number of nitrogens with two attached hydrogens (primary N) is 8. The van der Waals surface area contributed by atoms with Crippen LogP contribution in [0.15, 0.2) is 0 Å². The van der Waals surface area contributed by atoms with Crippen molar-refractivity contribution >= 4 is 41.2 Å². The van der Waals surface area contributed by atoms with Crippen LogP contribution in [0.4, 0.5) is 0 Å². The van der Waals surface area contributed by atoms with Crippen molar-refractivity contribution in [1.82, 2.24) is 31.9 Å². The second-order valence-electron chi connectivity index (χ2n) is 18.5. The fourth-order valence-electron chi connectivity index (χ4n) is 7.57. The smallest absolute Gasteiger partial charge is 0.243 e. The van der Waals surface area contributed by atoms with Gasteiger partial charge in [-0.15, -0.1) is 0 Å². The number of ketones is 1. The third kappa shape index (κ3) is 35.3. The third-order valence-corrected chi connectivity index (χ3v) is 12.1. The summed E-state index contributed by atoms with van der Waals surface area (Å²) in [7, 11) is 0. The van der Waals surface area contributed by atoms with Crippen molar-refractivity contribution in [3.8, 4) is 0 Å². The molecule has 0 heterocycles. The first-order valence-electron chi connectivity index (χ1n) is 26.9. The number of hydrogen-bond acceptors (Lipinski definition) is 17. The first kappa shape index (κ1) is 68.1. The van der Waals surface area contributed by atoms with Crippen molar-refractivity contribution in [3.63, 3.8) is 0 Å². The number of rotatable bonds is 49. The second-order valence-corrected chi connectivity index (χ2v) is 18.5. The number of Topliss-reactive ketones (excluding diaryl/α,β-unsaturated/α-hetero) is 1. The van der Waals surface area contributed by atoms with Crippen LogP contribution in [0, 0.1) is 0 Å². The zero-order valence-corrected chi connectivity index (χ0v) is 43.9. The van der Waals surface area contributed by atoms with Crippen LogP contribution in [-0.2, 0) is 43.0 Å². The molecule has 7 atom stereocenters. The molecule has 23 heteroatoms. The summed E-state index contributed by atoms with van der Waals surface area (Å²) in [6.45, 7) is 6.44. The number of nitrogens with one attached hydrogen (secondary N) is 6. The summed E-state index contributed by atoms with van der Waals surface area (Å²) >= 11 is 0. The van der Waals surface area contributed by atoms with Crippen LogP contribution in [-0.4, -0.2) is 156 Å². The fourth-order valence-corrected chi connectivity index (χ4v) is 7.57. The normalized spacial score (nSPS) is 14.2. The molecule has 72 heavy (non-hydrogen) atoms. The summed E-state index contributed by atoms with van der Waals surface area (Å²) in [5.41, 5.74) is 46.7. The van der Waals surface area contributed by atoms with Gasteiger partial charge in [-0.05, 0) is 149 Å². The van der Waals surface area contributed by atoms with Crippen molar-refractivity contribution in [1.29, 1.82) is 0 Å². The first-order valence-corrected chi connectivity index (χ1v) is 26.9. The van der Waals surface area contributed by atoms with Gasteiger partial charge in [0.2, 0.25) is 35.4 Å². The monoisotopic (exact) mass is 1030 g/mol. The van der Waals surface area contributed by atoms with Crippen molar-refractivity contribution in [2.75, 3.05) is 72.2 Å². The lowest BCUT2D eigenvalue weighted by atomic mass is 10.00. The minimum Gasteiger partial charge on any atom is -0.379 e. The third-order valence-electron chi connectivity index (χ3n) is 12.1. The van der Waals surface area contributed by atoms with Gasteiger partial charge in [0.15, 0.2) is 5.78 Å². The Morgan fingerprint density at radius 2 is 0.694 bits per heavy atom. The first-order chi connectivity index (χ1) is 34.7. The Morgan fingerprint density at radius 3 is 1.10 bits per heavy atom. The predicted molar refractivity (Wildman–Crippen MR) is 281 cm³/mol. The van der Waals surface area contributed by atoms with Crippen molar-refractivity contribution in [3.05, 3.63) is 0 Å². The zero-order chi connectivity index (χ0) is 53.8. The molecule has 6 amide bonds. The van der Waals surface area contributed by atoms with Gasteiger partial charge in [-0.25, -0.2) is 0 Å². The molecule has 0 radical (unpaired) electrons. The highest BCUT2D eigenvalue weighted by Crippen LogP contribution is 2.11. The Labute approximate surface area is 430 Å². The minimum absolute atomic E-state index is 0.119. The molecule has 0 spiro atoms. The summed E-state index contributed by atoms with van der Waals surface area (Å²) in [6, 6.07) is -5.81. The number of unbranched alkanes of at least 4 members (excludes halogenated alkanes) is 7. The highest BCUT2D eigenvalue weighted by Gasteiger charge is 2.28. The topological polar surface area (TPSA) is 418 Å². The molecule has 0 aliphatic carbocycles. The molecule has 0 fully saturated rings. The van der Waals surface area contributed by atoms with Gasteiger partial charge in [-0.1, -0.05) is 25.7 Å². The molecule has 0 aromatic carbocycles. The van der Waals surface area contributed by atoms with Gasteiger partial charge < -0.3 is 87.2 Å². The van der Waals surface area contributed by atoms with E-state index >= 15 is 0 Å². The Bertz CT molecular complexity index is 1470. The summed E-state index contributed by atoms with van der Waals surface area (Å²) in [5, 5.41) is 17.1. The van der Waals surface area contributed by atoms with Crippen LogP contribution >= 0.6 is 0 Å². The van der Waals surface area contributed by atoms with E-state index in [-0.39, 0.29) is 49.8 Å². The largest absolute Gasteiger partial charge is 0.379 e. The van der Waals surface area contributed by atoms with E-state index < -0.39 is 65.9 Å². The second kappa shape index (κ2) is 45.7. The zero-order valence-electron chi connectivity index (χ0n) is 43.9. The van der Waals surface area contributed by atoms with Gasteiger partial charge in [0.05, 0.1) is 43.4 Å². The molecule has 23 nitrogen and oxygen atoms in total. The van der Waals surface area contributed by atoms with E-state index in [0.717, 1.165) is 25.7 Å². The van der Waals surface area contributed by atoms with Gasteiger partial charge in [-0.2, -0.15) is 0 Å². The van der Waals surface area contributed by atoms with Crippen LogP contribution in [0.5, 0.6) is 0 Å². The van der Waals surface area contributed by atoms with E-state index in [4.69, 9.17) is 55.3 Å². The van der Waals surface area contributed by atoms with Crippen LogP contribution in [0.25, 0.3) is 0 Å². The lowest BCUT2D eigenvalue weighted by Gasteiger charge is -2.24. The molecule has 0 saturated carbocycles. The summed E-state index contributed by atoms with van der Waals surface area (Å²) < 4.78 is 10.9. The highest BCUT2D eigenvalue weighted by atomic mass is 16.5. The number of carbonyl (C=O) groups is 7. The van der Waals surface area contributed by atoms with E-state index in [0.29, 0.717) is 162 Å². The summed E-state index contributed by atoms with van der Waals surface area (Å²) in [6.07, 6.45) is 11.7.